The zero-order valence-electron chi connectivity index (χ0n) is 14.8. The highest BCUT2D eigenvalue weighted by Gasteiger charge is 2.21. The maximum atomic E-state index is 10.7. The molecule has 2 aromatic rings. The Kier molecular flexibility index (Phi) is 5.82. The van der Waals surface area contributed by atoms with Gasteiger partial charge in [-0.15, -0.1) is 0 Å². The van der Waals surface area contributed by atoms with Gasteiger partial charge in [-0.05, 0) is 50.6 Å². The summed E-state index contributed by atoms with van der Waals surface area (Å²) in [6.45, 7) is 5.32. The van der Waals surface area contributed by atoms with Crippen molar-refractivity contribution >= 4 is 5.97 Å². The highest BCUT2D eigenvalue weighted by atomic mass is 16.4. The van der Waals surface area contributed by atoms with E-state index in [1.807, 2.05) is 12.1 Å². The zero-order valence-corrected chi connectivity index (χ0v) is 14.8. The maximum absolute atomic E-state index is 10.7. The second kappa shape index (κ2) is 8.26. The van der Waals surface area contributed by atoms with Crippen LogP contribution in [-0.2, 0) is 17.8 Å². The van der Waals surface area contributed by atoms with E-state index in [4.69, 9.17) is 10.1 Å². The predicted molar refractivity (Wildman–Crippen MR) is 98.6 cm³/mol. The van der Waals surface area contributed by atoms with Gasteiger partial charge >= 0.3 is 5.97 Å². The van der Waals surface area contributed by atoms with Gasteiger partial charge in [0, 0.05) is 30.3 Å². The molecule has 4 nitrogen and oxygen atoms in total. The van der Waals surface area contributed by atoms with Gasteiger partial charge in [0.1, 0.15) is 0 Å². The number of rotatable bonds is 6. The molecule has 0 spiro atoms. The average molecular weight is 338 g/mol. The Labute approximate surface area is 149 Å². The van der Waals surface area contributed by atoms with E-state index in [9.17, 15) is 4.79 Å². The summed E-state index contributed by atoms with van der Waals surface area (Å²) in [4.78, 5) is 18.0. The number of pyridine rings is 1. The largest absolute Gasteiger partial charge is 0.481 e. The summed E-state index contributed by atoms with van der Waals surface area (Å²) >= 11 is 0. The number of aliphatic carboxylic acids is 1. The molecule has 1 aromatic heterocycles. The minimum absolute atomic E-state index is 0.144. The van der Waals surface area contributed by atoms with Gasteiger partial charge in [0.25, 0.3) is 0 Å². The van der Waals surface area contributed by atoms with Crippen molar-refractivity contribution in [2.75, 3.05) is 13.1 Å². The van der Waals surface area contributed by atoms with Crippen LogP contribution >= 0.6 is 0 Å². The number of likely N-dealkylation sites (tertiary alicyclic amines) is 1. The van der Waals surface area contributed by atoms with Crippen LogP contribution in [0.2, 0.25) is 0 Å². The van der Waals surface area contributed by atoms with Crippen LogP contribution in [0.5, 0.6) is 0 Å². The molecule has 0 amide bonds. The van der Waals surface area contributed by atoms with Gasteiger partial charge in [-0.3, -0.25) is 14.7 Å². The van der Waals surface area contributed by atoms with E-state index in [0.29, 0.717) is 12.3 Å². The fourth-order valence-corrected chi connectivity index (χ4v) is 3.56. The normalized spacial score (nSPS) is 16.0. The number of piperidine rings is 1. The van der Waals surface area contributed by atoms with Crippen LogP contribution < -0.4 is 0 Å². The molecule has 3 rings (SSSR count). The van der Waals surface area contributed by atoms with Crippen molar-refractivity contribution in [3.05, 3.63) is 65.0 Å². The van der Waals surface area contributed by atoms with E-state index < -0.39 is 5.97 Å². The Bertz CT molecular complexity index is 721. The van der Waals surface area contributed by atoms with Crippen LogP contribution in [0.25, 0.3) is 0 Å². The molecule has 1 N–H and O–H groups in total. The zero-order chi connectivity index (χ0) is 17.6. The Morgan fingerprint density at radius 2 is 1.96 bits per heavy atom. The fourth-order valence-electron chi connectivity index (χ4n) is 3.56. The third kappa shape index (κ3) is 5.13. The second-order valence-electron chi connectivity index (χ2n) is 6.99. The average Bonchev–Trinajstić information content (AvgIpc) is 2.61. The molecule has 1 saturated heterocycles. The highest BCUT2D eigenvalue weighted by molar-refractivity contribution is 5.66. The molecule has 0 aliphatic carbocycles. The molecular weight excluding hydrogens is 312 g/mol. The first-order valence-corrected chi connectivity index (χ1v) is 9.05. The first kappa shape index (κ1) is 17.6. The topological polar surface area (TPSA) is 53.4 Å². The van der Waals surface area contributed by atoms with Crippen LogP contribution in [0.3, 0.4) is 0 Å². The minimum Gasteiger partial charge on any atom is -0.481 e. The number of aryl methyl sites for hydroxylation is 2. The minimum atomic E-state index is -0.767. The molecule has 0 unspecified atom stereocenters. The summed E-state index contributed by atoms with van der Waals surface area (Å²) in [6, 6.07) is 14.8. The quantitative estimate of drug-likeness (QED) is 0.871. The third-order valence-corrected chi connectivity index (χ3v) is 4.92. The molecule has 1 aromatic carbocycles. The van der Waals surface area contributed by atoms with Crippen molar-refractivity contribution < 1.29 is 9.90 Å². The number of aromatic nitrogens is 1. The Morgan fingerprint density at radius 1 is 1.20 bits per heavy atom. The fraction of sp³-hybridized carbons (Fsp3) is 0.429. The first-order chi connectivity index (χ1) is 12.1. The van der Waals surface area contributed by atoms with Gasteiger partial charge < -0.3 is 5.11 Å². The van der Waals surface area contributed by atoms with E-state index in [0.717, 1.165) is 43.9 Å². The van der Waals surface area contributed by atoms with Crippen molar-refractivity contribution in [2.24, 2.45) is 0 Å². The highest BCUT2D eigenvalue weighted by Crippen LogP contribution is 2.27. The van der Waals surface area contributed by atoms with Crippen LogP contribution in [0, 0.1) is 6.92 Å². The molecule has 1 fully saturated rings. The standard InChI is InChI=1S/C21H26N2O2/c1-16-4-2-5-17(14-16)15-23-12-10-18(11-13-23)20-7-3-6-19(22-20)8-9-21(24)25/h2-7,14,18H,8-13,15H2,1H3,(H,24,25). The smallest absolute Gasteiger partial charge is 0.303 e. The van der Waals surface area contributed by atoms with Crippen LogP contribution in [-0.4, -0.2) is 34.0 Å². The Morgan fingerprint density at radius 3 is 2.68 bits per heavy atom. The molecule has 4 heteroatoms. The summed E-state index contributed by atoms with van der Waals surface area (Å²) < 4.78 is 0. The van der Waals surface area contributed by atoms with Crippen molar-refractivity contribution in [1.29, 1.82) is 0 Å². The molecule has 0 atom stereocenters. The number of carbonyl (C=O) groups is 1. The number of benzene rings is 1. The van der Waals surface area contributed by atoms with Crippen molar-refractivity contribution in [1.82, 2.24) is 9.88 Å². The lowest BCUT2D eigenvalue weighted by Gasteiger charge is -2.32. The molecule has 1 aliphatic rings. The van der Waals surface area contributed by atoms with Crippen LogP contribution in [0.1, 0.15) is 47.7 Å². The Balaban J connectivity index is 1.55. The van der Waals surface area contributed by atoms with E-state index in [2.05, 4.69) is 42.2 Å². The molecule has 25 heavy (non-hydrogen) atoms. The first-order valence-electron chi connectivity index (χ1n) is 9.05. The molecule has 1 aliphatic heterocycles. The van der Waals surface area contributed by atoms with Crippen molar-refractivity contribution in [3.63, 3.8) is 0 Å². The van der Waals surface area contributed by atoms with Crippen molar-refractivity contribution in [2.45, 2.75) is 45.1 Å². The van der Waals surface area contributed by atoms with Gasteiger partial charge in [-0.2, -0.15) is 0 Å². The maximum Gasteiger partial charge on any atom is 0.303 e. The predicted octanol–water partition coefficient (Wildman–Crippen LogP) is 3.79. The number of carboxylic acids is 1. The van der Waals surface area contributed by atoms with Gasteiger partial charge in [0.15, 0.2) is 0 Å². The molecule has 2 heterocycles. The third-order valence-electron chi connectivity index (χ3n) is 4.92. The molecular formula is C21H26N2O2. The number of hydrogen-bond acceptors (Lipinski definition) is 3. The number of hydrogen-bond donors (Lipinski definition) is 1. The Hall–Kier alpha value is -2.20. The van der Waals surface area contributed by atoms with Gasteiger partial charge in [-0.25, -0.2) is 0 Å². The van der Waals surface area contributed by atoms with E-state index in [1.165, 1.54) is 11.1 Å². The van der Waals surface area contributed by atoms with Crippen LogP contribution in [0.15, 0.2) is 42.5 Å². The van der Waals surface area contributed by atoms with Gasteiger partial charge in [0.2, 0.25) is 0 Å². The summed E-state index contributed by atoms with van der Waals surface area (Å²) in [7, 11) is 0. The molecule has 0 saturated carbocycles. The number of carboxylic acid groups (broad SMARTS) is 1. The summed E-state index contributed by atoms with van der Waals surface area (Å²) in [5.41, 5.74) is 4.71. The van der Waals surface area contributed by atoms with E-state index in [-0.39, 0.29) is 6.42 Å². The molecule has 132 valence electrons. The SMILES string of the molecule is Cc1cccc(CN2CCC(c3cccc(CCC(=O)O)n3)CC2)c1. The van der Waals surface area contributed by atoms with Crippen molar-refractivity contribution in [3.8, 4) is 0 Å². The van der Waals surface area contributed by atoms with Gasteiger partial charge in [-0.1, -0.05) is 35.9 Å². The lowest BCUT2D eigenvalue weighted by Crippen LogP contribution is -2.32. The van der Waals surface area contributed by atoms with Crippen LogP contribution in [0.4, 0.5) is 0 Å². The summed E-state index contributed by atoms with van der Waals surface area (Å²) in [5, 5.41) is 8.83. The van der Waals surface area contributed by atoms with E-state index in [1.54, 1.807) is 0 Å². The summed E-state index contributed by atoms with van der Waals surface area (Å²) in [6.07, 6.45) is 2.88. The molecule has 0 radical (unpaired) electrons. The molecule has 0 bridgehead atoms. The second-order valence-corrected chi connectivity index (χ2v) is 6.99. The lowest BCUT2D eigenvalue weighted by molar-refractivity contribution is -0.136. The summed E-state index contributed by atoms with van der Waals surface area (Å²) in [5.74, 6) is -0.282. The monoisotopic (exact) mass is 338 g/mol. The van der Waals surface area contributed by atoms with E-state index >= 15 is 0 Å². The van der Waals surface area contributed by atoms with Gasteiger partial charge in [0.05, 0.1) is 6.42 Å². The number of nitrogens with zero attached hydrogens (tertiary/aromatic N) is 2. The lowest BCUT2D eigenvalue weighted by atomic mass is 9.92.